The minimum absolute atomic E-state index is 0.141. The molecule has 0 unspecified atom stereocenters. The number of nitrogens with zero attached hydrogens (tertiary/aromatic N) is 2. The number of halogens is 2. The molecule has 3 aromatic rings. The van der Waals surface area contributed by atoms with Crippen LogP contribution in [0.5, 0.6) is 5.75 Å². The number of fused-ring (bicyclic) bond motifs is 1. The zero-order valence-electron chi connectivity index (χ0n) is 12.0. The Morgan fingerprint density at radius 2 is 2.00 bits per heavy atom. The van der Waals surface area contributed by atoms with Crippen LogP contribution in [-0.2, 0) is 4.74 Å². The maximum Gasteiger partial charge on any atom is 0.358 e. The molecule has 2 heterocycles. The molecule has 0 aliphatic carbocycles. The van der Waals surface area contributed by atoms with Crippen molar-refractivity contribution in [1.29, 1.82) is 0 Å². The number of hydrogen-bond donors (Lipinski definition) is 1. The highest BCUT2D eigenvalue weighted by Crippen LogP contribution is 2.43. The number of esters is 1. The molecule has 0 bridgehead atoms. The number of rotatable bonds is 3. The molecule has 120 valence electrons. The third kappa shape index (κ3) is 2.89. The number of benzene rings is 1. The first kappa shape index (κ1) is 16.4. The lowest BCUT2D eigenvalue weighted by atomic mass is 10.3. The molecule has 0 radical (unpaired) electrons. The Hall–Kier alpha value is -1.41. The second-order valence-corrected chi connectivity index (χ2v) is 7.52. The van der Waals surface area contributed by atoms with Gasteiger partial charge in [0.1, 0.15) is 5.02 Å². The van der Waals surface area contributed by atoms with Crippen LogP contribution in [0, 0.1) is 6.92 Å². The van der Waals surface area contributed by atoms with Gasteiger partial charge in [-0.25, -0.2) is 14.8 Å². The first-order valence-electron chi connectivity index (χ1n) is 6.54. The van der Waals surface area contributed by atoms with Crippen molar-refractivity contribution in [1.82, 2.24) is 9.97 Å². The summed E-state index contributed by atoms with van der Waals surface area (Å²) in [5, 5.41) is 11.3. The zero-order chi connectivity index (χ0) is 16.7. The number of hydrogen-bond acceptors (Lipinski definition) is 7. The summed E-state index contributed by atoms with van der Waals surface area (Å²) >= 11 is 14.6. The van der Waals surface area contributed by atoms with Crippen molar-refractivity contribution < 1.29 is 14.6 Å². The molecule has 3 rings (SSSR count). The number of phenols is 1. The molecule has 2 aromatic heterocycles. The predicted octanol–water partition coefficient (Wildman–Crippen LogP) is 4.92. The second kappa shape index (κ2) is 6.24. The highest BCUT2D eigenvalue weighted by molar-refractivity contribution is 7.25. The van der Waals surface area contributed by atoms with E-state index < -0.39 is 5.97 Å². The van der Waals surface area contributed by atoms with Gasteiger partial charge in [0.05, 0.1) is 21.8 Å². The maximum absolute atomic E-state index is 11.9. The number of aromatic nitrogens is 2. The Balaban J connectivity index is 2.09. The first-order chi connectivity index (χ1) is 10.9. The number of phenolic OH excluding ortho intramolecular Hbond substituents is 1. The average Bonchev–Trinajstić information content (AvgIpc) is 3.09. The van der Waals surface area contributed by atoms with E-state index in [9.17, 15) is 9.90 Å². The molecule has 23 heavy (non-hydrogen) atoms. The van der Waals surface area contributed by atoms with Crippen molar-refractivity contribution in [2.45, 2.75) is 13.8 Å². The Morgan fingerprint density at radius 1 is 1.30 bits per heavy atom. The molecule has 0 spiro atoms. The minimum Gasteiger partial charge on any atom is -0.505 e. The van der Waals surface area contributed by atoms with Crippen LogP contribution in [0.15, 0.2) is 6.07 Å². The fourth-order valence-electron chi connectivity index (χ4n) is 1.96. The van der Waals surface area contributed by atoms with Crippen molar-refractivity contribution in [3.05, 3.63) is 26.7 Å². The van der Waals surface area contributed by atoms with E-state index in [1.807, 2.05) is 0 Å². The van der Waals surface area contributed by atoms with Gasteiger partial charge >= 0.3 is 5.97 Å². The standard InChI is InChI=1S/C14H10Cl2N2O3S2/c1-3-21-14(20)9-5(2)22-13(18-9)12-17-7-4-6(15)10(19)8(16)11(7)23-12/h4,19H,3H2,1-2H3. The van der Waals surface area contributed by atoms with Crippen LogP contribution < -0.4 is 0 Å². The molecular weight excluding hydrogens is 379 g/mol. The molecule has 9 heteroatoms. The lowest BCUT2D eigenvalue weighted by Crippen LogP contribution is -2.06. The van der Waals surface area contributed by atoms with Crippen LogP contribution >= 0.6 is 45.9 Å². The third-order valence-electron chi connectivity index (χ3n) is 3.00. The number of thiazole rings is 2. The lowest BCUT2D eigenvalue weighted by molar-refractivity contribution is 0.0519. The molecule has 0 atom stereocenters. The summed E-state index contributed by atoms with van der Waals surface area (Å²) in [4.78, 5) is 21.4. The van der Waals surface area contributed by atoms with Gasteiger partial charge in [-0.15, -0.1) is 22.7 Å². The Kier molecular flexibility index (Phi) is 4.46. The number of aryl methyl sites for hydroxylation is 1. The van der Waals surface area contributed by atoms with Gasteiger partial charge in [0.15, 0.2) is 21.5 Å². The Labute approximate surface area is 149 Å². The van der Waals surface area contributed by atoms with Crippen LogP contribution in [0.3, 0.4) is 0 Å². The van der Waals surface area contributed by atoms with Crippen LogP contribution in [0.2, 0.25) is 10.0 Å². The quantitative estimate of drug-likeness (QED) is 0.644. The maximum atomic E-state index is 11.9. The molecular formula is C14H10Cl2N2O3S2. The van der Waals surface area contributed by atoms with E-state index in [2.05, 4.69) is 9.97 Å². The van der Waals surface area contributed by atoms with Gasteiger partial charge in [-0.05, 0) is 19.9 Å². The molecule has 0 saturated carbocycles. The number of carbonyl (C=O) groups is 1. The van der Waals surface area contributed by atoms with E-state index in [1.165, 1.54) is 22.7 Å². The largest absolute Gasteiger partial charge is 0.505 e. The first-order valence-corrected chi connectivity index (χ1v) is 8.93. The highest BCUT2D eigenvalue weighted by atomic mass is 35.5. The third-order valence-corrected chi connectivity index (χ3v) is 5.97. The predicted molar refractivity (Wildman–Crippen MR) is 93.1 cm³/mol. The topological polar surface area (TPSA) is 72.3 Å². The number of carbonyl (C=O) groups excluding carboxylic acids is 1. The summed E-state index contributed by atoms with van der Waals surface area (Å²) in [6, 6.07) is 1.55. The number of ether oxygens (including phenoxy) is 1. The van der Waals surface area contributed by atoms with E-state index in [0.29, 0.717) is 26.8 Å². The summed E-state index contributed by atoms with van der Waals surface area (Å²) in [5.41, 5.74) is 0.862. The molecule has 1 aromatic carbocycles. The summed E-state index contributed by atoms with van der Waals surface area (Å²) in [5.74, 6) is -0.620. The summed E-state index contributed by atoms with van der Waals surface area (Å²) in [6.45, 7) is 3.84. The van der Waals surface area contributed by atoms with Crippen LogP contribution in [0.25, 0.3) is 20.2 Å². The lowest BCUT2D eigenvalue weighted by Gasteiger charge is -1.98. The smallest absolute Gasteiger partial charge is 0.358 e. The van der Waals surface area contributed by atoms with E-state index in [0.717, 1.165) is 4.88 Å². The monoisotopic (exact) mass is 388 g/mol. The van der Waals surface area contributed by atoms with Crippen molar-refractivity contribution in [2.24, 2.45) is 0 Å². The van der Waals surface area contributed by atoms with Gasteiger partial charge in [0.25, 0.3) is 0 Å². The van der Waals surface area contributed by atoms with Crippen molar-refractivity contribution in [2.75, 3.05) is 6.61 Å². The van der Waals surface area contributed by atoms with E-state index in [4.69, 9.17) is 27.9 Å². The van der Waals surface area contributed by atoms with Crippen molar-refractivity contribution in [3.8, 4) is 15.8 Å². The Morgan fingerprint density at radius 3 is 2.70 bits per heavy atom. The number of aromatic hydroxyl groups is 1. The minimum atomic E-state index is -0.452. The molecule has 1 N–H and O–H groups in total. The normalized spacial score (nSPS) is 11.1. The average molecular weight is 389 g/mol. The zero-order valence-corrected chi connectivity index (χ0v) is 15.2. The van der Waals surface area contributed by atoms with Gasteiger partial charge in [0, 0.05) is 4.88 Å². The van der Waals surface area contributed by atoms with Gasteiger partial charge < -0.3 is 9.84 Å². The molecule has 0 aliphatic rings. The fraction of sp³-hybridized carbons (Fsp3) is 0.214. The van der Waals surface area contributed by atoms with Crippen LogP contribution in [0.4, 0.5) is 0 Å². The van der Waals surface area contributed by atoms with E-state index in [-0.39, 0.29) is 21.5 Å². The van der Waals surface area contributed by atoms with Crippen LogP contribution in [0.1, 0.15) is 22.3 Å². The second-order valence-electron chi connectivity index (χ2n) is 4.53. The Bertz CT molecular complexity index is 921. The molecule has 0 aliphatic heterocycles. The van der Waals surface area contributed by atoms with E-state index >= 15 is 0 Å². The summed E-state index contributed by atoms with van der Waals surface area (Å²) < 4.78 is 5.60. The molecule has 0 saturated heterocycles. The van der Waals surface area contributed by atoms with Gasteiger partial charge in [-0.1, -0.05) is 23.2 Å². The van der Waals surface area contributed by atoms with Crippen molar-refractivity contribution in [3.63, 3.8) is 0 Å². The molecule has 0 fully saturated rings. The molecule has 5 nitrogen and oxygen atoms in total. The highest BCUT2D eigenvalue weighted by Gasteiger charge is 2.21. The summed E-state index contributed by atoms with van der Waals surface area (Å²) in [6.07, 6.45) is 0. The molecule has 0 amide bonds. The van der Waals surface area contributed by atoms with Gasteiger partial charge in [-0.3, -0.25) is 0 Å². The van der Waals surface area contributed by atoms with Crippen LogP contribution in [-0.4, -0.2) is 27.7 Å². The SMILES string of the molecule is CCOC(=O)c1nc(-c2nc3cc(Cl)c(O)c(Cl)c3s2)sc1C. The van der Waals surface area contributed by atoms with Gasteiger partial charge in [-0.2, -0.15) is 0 Å². The van der Waals surface area contributed by atoms with E-state index in [1.54, 1.807) is 19.9 Å². The summed E-state index contributed by atoms with van der Waals surface area (Å²) in [7, 11) is 0. The van der Waals surface area contributed by atoms with Crippen molar-refractivity contribution >= 4 is 62.1 Å². The fourth-order valence-corrected chi connectivity index (χ4v) is 4.42. The van der Waals surface area contributed by atoms with Gasteiger partial charge in [0.2, 0.25) is 0 Å².